The number of fused-ring (bicyclic) bond motifs is 5. The lowest BCUT2D eigenvalue weighted by molar-refractivity contribution is 0.145. The Morgan fingerprint density at radius 1 is 0.575 bits per heavy atom. The Bertz CT molecular complexity index is 4040. The lowest BCUT2D eigenvalue weighted by atomic mass is 9.68. The van der Waals surface area contributed by atoms with Gasteiger partial charge in [-0.15, -0.1) is 0 Å². The van der Waals surface area contributed by atoms with Crippen molar-refractivity contribution in [3.05, 3.63) is 257 Å². The van der Waals surface area contributed by atoms with Crippen LogP contribution in [0.1, 0.15) is 129 Å². The summed E-state index contributed by atoms with van der Waals surface area (Å²) in [4.78, 5) is 5.45. The van der Waals surface area contributed by atoms with Gasteiger partial charge >= 0.3 is 0 Å². The van der Waals surface area contributed by atoms with E-state index >= 15 is 0 Å². The molecule has 394 valence electrons. The fourth-order valence-corrected chi connectivity index (χ4v) is 15.6. The molecule has 6 aromatic carbocycles. The van der Waals surface area contributed by atoms with Crippen LogP contribution in [0.2, 0.25) is 0 Å². The van der Waals surface area contributed by atoms with E-state index in [4.69, 9.17) is 9.15 Å². The van der Waals surface area contributed by atoms with E-state index in [2.05, 4.69) is 222 Å². The first kappa shape index (κ1) is 47.9. The first-order chi connectivity index (χ1) is 39.7. The Morgan fingerprint density at radius 2 is 1.46 bits per heavy atom. The average molecular weight is 1040 g/mol. The molecule has 0 spiro atoms. The summed E-state index contributed by atoms with van der Waals surface area (Å²) >= 11 is 0. The first-order valence-electron chi connectivity index (χ1n) is 30.2. The van der Waals surface area contributed by atoms with Crippen molar-refractivity contribution < 1.29 is 9.15 Å². The standard InChI is InChI=1S/C76H68N2O2/c1-5-21-49(22-6-1)67-47-69(77(53-27-9-3-10-28-53)55-31-17-25-51(45-55)57-35-19-37-63-59-33-13-15-39-71(59)79-75(57)63)65-44-42-62-68(50-23-7-2-8-24-50)48-70(66-43-41-61(67)73(65)74(62)66)78(54-29-11-4-12-30-54)56-32-18-26-52(46-56)58-36-20-38-64-60-34-14-16-40-72(60)80-76(58)64/h3,7,9-11,13-14,16-20,23,25-27,29-38,40-50,53,57,66,70,75H,1-2,4-6,8,12,15,21-22,24,28,39H2. The second-order valence-corrected chi connectivity index (χ2v) is 23.9. The number of para-hydroxylation sites is 2. The van der Waals surface area contributed by atoms with Crippen molar-refractivity contribution in [1.82, 2.24) is 0 Å². The fourth-order valence-electron chi connectivity index (χ4n) is 15.6. The van der Waals surface area contributed by atoms with Crippen molar-refractivity contribution in [1.29, 1.82) is 0 Å². The highest BCUT2D eigenvalue weighted by atomic mass is 16.5. The molecule has 0 saturated heterocycles. The number of anilines is 3. The molecule has 2 heterocycles. The molecule has 9 aliphatic rings. The van der Waals surface area contributed by atoms with Gasteiger partial charge in [-0.2, -0.15) is 0 Å². The normalized spacial score (nSPS) is 24.5. The highest BCUT2D eigenvalue weighted by molar-refractivity contribution is 6.10. The van der Waals surface area contributed by atoms with Gasteiger partial charge < -0.3 is 19.0 Å². The quantitative estimate of drug-likeness (QED) is 0.128. The van der Waals surface area contributed by atoms with Crippen molar-refractivity contribution in [3.63, 3.8) is 0 Å². The molecule has 0 N–H and O–H groups in total. The van der Waals surface area contributed by atoms with Crippen LogP contribution in [0.5, 0.6) is 0 Å². The lowest BCUT2D eigenvalue weighted by Crippen LogP contribution is -2.40. The highest BCUT2D eigenvalue weighted by Crippen LogP contribution is 2.55. The van der Waals surface area contributed by atoms with E-state index in [1.807, 2.05) is 0 Å². The largest absolute Gasteiger partial charge is 0.488 e. The van der Waals surface area contributed by atoms with Gasteiger partial charge in [0.25, 0.3) is 0 Å². The third kappa shape index (κ3) is 7.99. The number of benzene rings is 6. The van der Waals surface area contributed by atoms with Crippen molar-refractivity contribution in [2.24, 2.45) is 5.92 Å². The molecule has 0 amide bonds. The molecule has 16 rings (SSSR count). The Morgan fingerprint density at radius 3 is 2.35 bits per heavy atom. The number of furan rings is 1. The smallest absolute Gasteiger partial charge is 0.143 e. The SMILES string of the molecule is C1=CCC(N(c2cccc(C3C=CC=C4C5=C(CCC=C5)OC43)c2)c2cc(C3CCCCC3)c3c4c5c(ccc24)C(C2C=CCCC2)=CC(N(C2=CCCC=C2)c2cccc(-c4cccc6c4oc4ccccc46)c2)C5C=C3)C=C1. The molecule has 1 aliphatic heterocycles. The molecule has 4 heteroatoms. The molecule has 7 aromatic rings. The van der Waals surface area contributed by atoms with Gasteiger partial charge in [0.15, 0.2) is 0 Å². The zero-order chi connectivity index (χ0) is 52.7. The molecule has 6 atom stereocenters. The van der Waals surface area contributed by atoms with Gasteiger partial charge in [-0.05, 0) is 151 Å². The third-order valence-electron chi connectivity index (χ3n) is 19.3. The van der Waals surface area contributed by atoms with Gasteiger partial charge in [-0.1, -0.05) is 189 Å². The van der Waals surface area contributed by atoms with Gasteiger partial charge in [0, 0.05) is 79.8 Å². The monoisotopic (exact) mass is 1040 g/mol. The first-order valence-corrected chi connectivity index (χ1v) is 30.2. The molecule has 8 aliphatic carbocycles. The van der Waals surface area contributed by atoms with E-state index in [9.17, 15) is 0 Å². The number of hydrogen-bond acceptors (Lipinski definition) is 4. The van der Waals surface area contributed by atoms with Crippen molar-refractivity contribution in [2.75, 3.05) is 9.80 Å². The van der Waals surface area contributed by atoms with E-state index in [1.54, 1.807) is 0 Å². The molecule has 0 radical (unpaired) electrons. The third-order valence-corrected chi connectivity index (χ3v) is 19.3. The van der Waals surface area contributed by atoms with Gasteiger partial charge in [0.05, 0.1) is 12.1 Å². The second-order valence-electron chi connectivity index (χ2n) is 23.9. The van der Waals surface area contributed by atoms with Crippen LogP contribution in [0.15, 0.2) is 233 Å². The van der Waals surface area contributed by atoms with Gasteiger partial charge in [-0.3, -0.25) is 0 Å². The van der Waals surface area contributed by atoms with Crippen molar-refractivity contribution in [2.45, 2.75) is 119 Å². The van der Waals surface area contributed by atoms with E-state index in [-0.39, 0.29) is 30.0 Å². The summed E-state index contributed by atoms with van der Waals surface area (Å²) < 4.78 is 13.6. The summed E-state index contributed by atoms with van der Waals surface area (Å²) in [5.41, 5.74) is 20.6. The summed E-state index contributed by atoms with van der Waals surface area (Å²) in [6, 6.07) is 41.9. The number of nitrogens with zero attached hydrogens (tertiary/aromatic N) is 2. The number of hydrogen-bond donors (Lipinski definition) is 0. The predicted molar refractivity (Wildman–Crippen MR) is 333 cm³/mol. The maximum atomic E-state index is 6.90. The van der Waals surface area contributed by atoms with Gasteiger partial charge in [0.2, 0.25) is 0 Å². The Labute approximate surface area is 471 Å². The van der Waals surface area contributed by atoms with E-state index < -0.39 is 0 Å². The van der Waals surface area contributed by atoms with Gasteiger partial charge in [0.1, 0.15) is 23.0 Å². The fraction of sp³-hybridized carbons (Fsp3) is 0.263. The summed E-state index contributed by atoms with van der Waals surface area (Å²) in [6.07, 6.45) is 56.0. The summed E-state index contributed by atoms with van der Waals surface area (Å²) in [5, 5.41) is 5.14. The van der Waals surface area contributed by atoms with Crippen LogP contribution in [0.4, 0.5) is 17.1 Å². The average Bonchev–Trinajstić information content (AvgIpc) is 4.17. The van der Waals surface area contributed by atoms with Gasteiger partial charge in [-0.25, -0.2) is 0 Å². The Hall–Kier alpha value is -8.08. The van der Waals surface area contributed by atoms with E-state index in [1.165, 1.54) is 117 Å². The second kappa shape index (κ2) is 19.9. The number of rotatable bonds is 10. The van der Waals surface area contributed by atoms with E-state index in [0.717, 1.165) is 83.8 Å². The van der Waals surface area contributed by atoms with Crippen molar-refractivity contribution >= 4 is 61.4 Å². The van der Waals surface area contributed by atoms with Crippen LogP contribution in [0, 0.1) is 5.92 Å². The zero-order valence-electron chi connectivity index (χ0n) is 45.7. The van der Waals surface area contributed by atoms with Crippen LogP contribution in [-0.2, 0) is 4.74 Å². The minimum atomic E-state index is -0.0119. The molecular weight excluding hydrogens is 973 g/mol. The topological polar surface area (TPSA) is 28.9 Å². The summed E-state index contributed by atoms with van der Waals surface area (Å²) in [6.45, 7) is 0. The molecule has 6 unspecified atom stereocenters. The van der Waals surface area contributed by atoms with Crippen LogP contribution in [0.3, 0.4) is 0 Å². The molecular formula is C76H68N2O2. The Balaban J connectivity index is 0.886. The zero-order valence-corrected chi connectivity index (χ0v) is 45.7. The van der Waals surface area contributed by atoms with Crippen molar-refractivity contribution in [3.8, 4) is 11.1 Å². The number of ether oxygens (including phenoxy) is 1. The summed E-state index contributed by atoms with van der Waals surface area (Å²) in [7, 11) is 0. The van der Waals surface area contributed by atoms with Crippen LogP contribution < -0.4 is 9.80 Å². The highest BCUT2D eigenvalue weighted by Gasteiger charge is 2.41. The molecule has 1 aromatic heterocycles. The predicted octanol–water partition coefficient (Wildman–Crippen LogP) is 20.0. The molecule has 4 nitrogen and oxygen atoms in total. The maximum Gasteiger partial charge on any atom is 0.143 e. The number of allylic oxidation sites excluding steroid dienone is 13. The van der Waals surface area contributed by atoms with Crippen LogP contribution in [-0.4, -0.2) is 18.2 Å². The minimum absolute atomic E-state index is 0.0119. The van der Waals surface area contributed by atoms with Crippen LogP contribution >= 0.6 is 0 Å². The molecule has 0 bridgehead atoms. The maximum absolute atomic E-state index is 6.90. The molecule has 1 saturated carbocycles. The summed E-state index contributed by atoms with van der Waals surface area (Å²) in [5.74, 6) is 2.22. The lowest BCUT2D eigenvalue weighted by Gasteiger charge is -2.44. The Kier molecular flexibility index (Phi) is 11.9. The molecule has 80 heavy (non-hydrogen) atoms. The minimum Gasteiger partial charge on any atom is -0.488 e. The molecule has 1 fully saturated rings. The van der Waals surface area contributed by atoms with Crippen LogP contribution in [0.25, 0.3) is 55.5 Å². The van der Waals surface area contributed by atoms with E-state index in [0.29, 0.717) is 11.8 Å².